The van der Waals surface area contributed by atoms with Crippen LogP contribution in [-0.2, 0) is 4.79 Å². The first kappa shape index (κ1) is 10.7. The van der Waals surface area contributed by atoms with Crippen LogP contribution in [-0.4, -0.2) is 24.9 Å². The number of para-hydroxylation sites is 1. The maximum absolute atomic E-state index is 12.0. The summed E-state index contributed by atoms with van der Waals surface area (Å²) in [7, 11) is 1.70. The summed E-state index contributed by atoms with van der Waals surface area (Å²) < 4.78 is 0. The Balaban J connectivity index is 2.51. The van der Waals surface area contributed by atoms with Gasteiger partial charge in [-0.1, -0.05) is 19.1 Å². The lowest BCUT2D eigenvalue weighted by Crippen LogP contribution is -2.43. The summed E-state index contributed by atoms with van der Waals surface area (Å²) in [5.74, 6) is -0.249. The average Bonchev–Trinajstić information content (AvgIpc) is 2.41. The van der Waals surface area contributed by atoms with E-state index in [4.69, 9.17) is 0 Å². The van der Waals surface area contributed by atoms with Crippen LogP contribution in [0.15, 0.2) is 24.3 Å². The molecule has 0 saturated heterocycles. The number of rotatable bonds is 1. The fraction of sp³-hybridized carbons (Fsp3) is 0.333. The van der Waals surface area contributed by atoms with Crippen LogP contribution < -0.4 is 10.2 Å². The molecular formula is C12H14N2O2. The number of benzene rings is 1. The monoisotopic (exact) mass is 218 g/mol. The molecule has 1 heterocycles. The second-order valence-corrected chi connectivity index (χ2v) is 3.85. The van der Waals surface area contributed by atoms with E-state index in [-0.39, 0.29) is 11.8 Å². The van der Waals surface area contributed by atoms with Gasteiger partial charge < -0.3 is 10.2 Å². The summed E-state index contributed by atoms with van der Waals surface area (Å²) in [5.41, 5.74) is 1.22. The van der Waals surface area contributed by atoms with Gasteiger partial charge in [-0.25, -0.2) is 0 Å². The predicted octanol–water partition coefficient (Wildman–Crippen LogP) is 1.17. The van der Waals surface area contributed by atoms with E-state index in [2.05, 4.69) is 5.32 Å². The van der Waals surface area contributed by atoms with E-state index in [1.807, 2.05) is 13.0 Å². The van der Waals surface area contributed by atoms with E-state index < -0.39 is 6.04 Å². The van der Waals surface area contributed by atoms with Gasteiger partial charge in [-0.15, -0.1) is 0 Å². The molecule has 4 heteroatoms. The second kappa shape index (κ2) is 3.96. The molecule has 0 radical (unpaired) electrons. The zero-order valence-corrected chi connectivity index (χ0v) is 9.36. The van der Waals surface area contributed by atoms with Crippen molar-refractivity contribution in [3.05, 3.63) is 29.8 Å². The Morgan fingerprint density at radius 2 is 2.00 bits per heavy atom. The van der Waals surface area contributed by atoms with Crippen LogP contribution in [0.25, 0.3) is 0 Å². The molecule has 1 aliphatic heterocycles. The highest BCUT2D eigenvalue weighted by Gasteiger charge is 2.29. The summed E-state index contributed by atoms with van der Waals surface area (Å²) in [4.78, 5) is 25.4. The van der Waals surface area contributed by atoms with Crippen LogP contribution in [0.3, 0.4) is 0 Å². The Bertz CT molecular complexity index is 442. The quantitative estimate of drug-likeness (QED) is 0.769. The Morgan fingerprint density at radius 3 is 2.69 bits per heavy atom. The molecule has 1 aromatic rings. The van der Waals surface area contributed by atoms with Gasteiger partial charge in [0.15, 0.2) is 0 Å². The highest BCUT2D eigenvalue weighted by atomic mass is 16.2. The maximum Gasteiger partial charge on any atom is 0.254 e. The predicted molar refractivity (Wildman–Crippen MR) is 61.4 cm³/mol. The summed E-state index contributed by atoms with van der Waals surface area (Å²) in [6.07, 6.45) is 0.600. The Labute approximate surface area is 94.2 Å². The van der Waals surface area contributed by atoms with Crippen molar-refractivity contribution in [3.63, 3.8) is 0 Å². The van der Waals surface area contributed by atoms with Gasteiger partial charge in [0.25, 0.3) is 5.91 Å². The molecule has 0 fully saturated rings. The third-order valence-electron chi connectivity index (χ3n) is 2.85. The van der Waals surface area contributed by atoms with E-state index in [0.29, 0.717) is 17.7 Å². The van der Waals surface area contributed by atoms with Crippen LogP contribution in [0.5, 0.6) is 0 Å². The van der Waals surface area contributed by atoms with Gasteiger partial charge in [0, 0.05) is 7.05 Å². The molecule has 0 spiro atoms. The maximum atomic E-state index is 12.0. The van der Waals surface area contributed by atoms with Gasteiger partial charge >= 0.3 is 0 Å². The van der Waals surface area contributed by atoms with Gasteiger partial charge in [0.2, 0.25) is 5.91 Å². The normalized spacial score (nSPS) is 20.1. The molecule has 0 aromatic heterocycles. The minimum absolute atomic E-state index is 0.0687. The lowest BCUT2D eigenvalue weighted by atomic mass is 10.1. The van der Waals surface area contributed by atoms with E-state index in [0.717, 1.165) is 0 Å². The molecule has 0 saturated carbocycles. The highest BCUT2D eigenvalue weighted by Crippen LogP contribution is 2.23. The number of nitrogens with zero attached hydrogens (tertiary/aromatic N) is 1. The molecule has 2 rings (SSSR count). The Kier molecular flexibility index (Phi) is 2.64. The first-order valence-corrected chi connectivity index (χ1v) is 5.32. The topological polar surface area (TPSA) is 49.4 Å². The van der Waals surface area contributed by atoms with E-state index in [9.17, 15) is 9.59 Å². The number of amides is 2. The van der Waals surface area contributed by atoms with Crippen molar-refractivity contribution >= 4 is 17.5 Å². The molecule has 1 aromatic carbocycles. The van der Waals surface area contributed by atoms with Crippen molar-refractivity contribution in [3.8, 4) is 0 Å². The van der Waals surface area contributed by atoms with Gasteiger partial charge in [-0.2, -0.15) is 0 Å². The highest BCUT2D eigenvalue weighted by molar-refractivity contribution is 6.10. The van der Waals surface area contributed by atoms with Crippen LogP contribution in [0.4, 0.5) is 5.69 Å². The van der Waals surface area contributed by atoms with Gasteiger partial charge in [0.05, 0.1) is 11.3 Å². The molecule has 1 atom stereocenters. The van der Waals surface area contributed by atoms with Crippen LogP contribution >= 0.6 is 0 Å². The minimum atomic E-state index is -0.426. The van der Waals surface area contributed by atoms with Crippen molar-refractivity contribution in [2.75, 3.05) is 11.9 Å². The molecule has 1 N–H and O–H groups in total. The van der Waals surface area contributed by atoms with Gasteiger partial charge in [-0.05, 0) is 18.6 Å². The van der Waals surface area contributed by atoms with Crippen molar-refractivity contribution in [1.82, 2.24) is 5.32 Å². The lowest BCUT2D eigenvalue weighted by molar-refractivity contribution is -0.120. The number of hydrogen-bond donors (Lipinski definition) is 1. The van der Waals surface area contributed by atoms with Crippen LogP contribution in [0.1, 0.15) is 23.7 Å². The van der Waals surface area contributed by atoms with E-state index in [1.54, 1.807) is 30.1 Å². The molecule has 84 valence electrons. The van der Waals surface area contributed by atoms with Crippen molar-refractivity contribution in [2.45, 2.75) is 19.4 Å². The number of fused-ring (bicyclic) bond motifs is 1. The molecule has 2 amide bonds. The van der Waals surface area contributed by atoms with Gasteiger partial charge in [0.1, 0.15) is 6.04 Å². The molecule has 1 aliphatic rings. The number of hydrogen-bond acceptors (Lipinski definition) is 2. The number of anilines is 1. The number of likely N-dealkylation sites (N-methyl/N-ethyl adjacent to an activating group) is 1. The molecule has 16 heavy (non-hydrogen) atoms. The Hall–Kier alpha value is -1.84. The molecular weight excluding hydrogens is 204 g/mol. The van der Waals surface area contributed by atoms with E-state index in [1.165, 1.54) is 0 Å². The first-order valence-electron chi connectivity index (χ1n) is 5.32. The fourth-order valence-electron chi connectivity index (χ4n) is 1.89. The largest absolute Gasteiger partial charge is 0.340 e. The molecule has 4 nitrogen and oxygen atoms in total. The summed E-state index contributed by atoms with van der Waals surface area (Å²) in [6.45, 7) is 1.88. The van der Waals surface area contributed by atoms with E-state index >= 15 is 0 Å². The zero-order valence-electron chi connectivity index (χ0n) is 9.36. The first-order chi connectivity index (χ1) is 7.65. The van der Waals surface area contributed by atoms with Gasteiger partial charge in [-0.3, -0.25) is 9.59 Å². The molecule has 0 aliphatic carbocycles. The molecule has 0 unspecified atom stereocenters. The van der Waals surface area contributed by atoms with Crippen molar-refractivity contribution in [1.29, 1.82) is 0 Å². The summed E-state index contributed by atoms with van der Waals surface area (Å²) >= 11 is 0. The van der Waals surface area contributed by atoms with Crippen molar-refractivity contribution in [2.24, 2.45) is 0 Å². The SMILES string of the molecule is CC[C@@H]1NC(=O)c2ccccc2N(C)C1=O. The standard InChI is InChI=1S/C12H14N2O2/c1-3-9-12(16)14(2)10-7-5-4-6-8(10)11(15)13-9/h4-7,9H,3H2,1-2H3,(H,13,15)/t9-/m0/s1. The Morgan fingerprint density at radius 1 is 1.31 bits per heavy atom. The molecule has 0 bridgehead atoms. The number of carbonyl (C=O) groups is 2. The smallest absolute Gasteiger partial charge is 0.254 e. The summed E-state index contributed by atoms with van der Waals surface area (Å²) in [6, 6.07) is 6.70. The van der Waals surface area contributed by atoms with Crippen molar-refractivity contribution < 1.29 is 9.59 Å². The summed E-state index contributed by atoms with van der Waals surface area (Å²) in [5, 5.41) is 2.73. The lowest BCUT2D eigenvalue weighted by Gasteiger charge is -2.19. The number of nitrogens with one attached hydrogen (secondary N) is 1. The third-order valence-corrected chi connectivity index (χ3v) is 2.85. The second-order valence-electron chi connectivity index (χ2n) is 3.85. The number of carbonyl (C=O) groups excluding carboxylic acids is 2. The average molecular weight is 218 g/mol. The zero-order chi connectivity index (χ0) is 11.7. The van der Waals surface area contributed by atoms with Crippen LogP contribution in [0.2, 0.25) is 0 Å². The third kappa shape index (κ3) is 1.56. The minimum Gasteiger partial charge on any atom is -0.340 e. The fourth-order valence-corrected chi connectivity index (χ4v) is 1.89. The van der Waals surface area contributed by atoms with Crippen LogP contribution in [0, 0.1) is 0 Å².